The molecule has 0 aliphatic carbocycles. The van der Waals surface area contributed by atoms with E-state index in [4.69, 9.17) is 23.2 Å². The zero-order valence-electron chi connectivity index (χ0n) is 12.4. The molecule has 1 heterocycles. The van der Waals surface area contributed by atoms with Crippen LogP contribution in [-0.2, 0) is 9.59 Å². The third kappa shape index (κ3) is 3.58. The first-order valence-corrected chi connectivity index (χ1v) is 8.81. The van der Waals surface area contributed by atoms with Crippen molar-refractivity contribution in [3.63, 3.8) is 0 Å². The van der Waals surface area contributed by atoms with Crippen molar-refractivity contribution < 1.29 is 9.59 Å². The first-order valence-electron chi connectivity index (χ1n) is 7.26. The predicted molar refractivity (Wildman–Crippen MR) is 99.7 cm³/mol. The van der Waals surface area contributed by atoms with Crippen LogP contribution in [0.2, 0.25) is 10.0 Å². The average Bonchev–Trinajstić information content (AvgIpc) is 2.94. The molecule has 1 atom stereocenters. The molecule has 0 bridgehead atoms. The van der Waals surface area contributed by atoms with E-state index >= 15 is 0 Å². The van der Waals surface area contributed by atoms with Gasteiger partial charge in [0.05, 0.1) is 21.7 Å². The van der Waals surface area contributed by atoms with Crippen molar-refractivity contribution in [3.8, 4) is 0 Å². The summed E-state index contributed by atoms with van der Waals surface area (Å²) in [6, 6.07) is 12.4. The van der Waals surface area contributed by atoms with Gasteiger partial charge in [0.1, 0.15) is 0 Å². The van der Waals surface area contributed by atoms with Crippen LogP contribution in [0, 0.1) is 5.92 Å². The molecule has 2 aromatic rings. The van der Waals surface area contributed by atoms with Crippen LogP contribution in [0.25, 0.3) is 0 Å². The summed E-state index contributed by atoms with van der Waals surface area (Å²) in [5.74, 6) is -0.766. The zero-order chi connectivity index (χ0) is 17.3. The lowest BCUT2D eigenvalue weighted by Crippen LogP contribution is -2.28. The van der Waals surface area contributed by atoms with Gasteiger partial charge in [0.2, 0.25) is 11.8 Å². The van der Waals surface area contributed by atoms with Crippen LogP contribution in [0.15, 0.2) is 46.9 Å². The van der Waals surface area contributed by atoms with E-state index in [0.29, 0.717) is 21.4 Å². The van der Waals surface area contributed by atoms with E-state index in [9.17, 15) is 9.59 Å². The van der Waals surface area contributed by atoms with Gasteiger partial charge >= 0.3 is 0 Å². The highest BCUT2D eigenvalue weighted by Crippen LogP contribution is 2.35. The molecule has 24 heavy (non-hydrogen) atoms. The van der Waals surface area contributed by atoms with E-state index in [2.05, 4.69) is 21.2 Å². The zero-order valence-corrected chi connectivity index (χ0v) is 15.5. The summed E-state index contributed by atoms with van der Waals surface area (Å²) in [5, 5.41) is 3.53. The van der Waals surface area contributed by atoms with E-state index < -0.39 is 5.92 Å². The molecule has 1 aliphatic rings. The fraction of sp³-hybridized carbons (Fsp3) is 0.176. The number of rotatable bonds is 3. The van der Waals surface area contributed by atoms with Gasteiger partial charge < -0.3 is 10.2 Å². The van der Waals surface area contributed by atoms with E-state index in [0.717, 1.165) is 4.47 Å². The van der Waals surface area contributed by atoms with Crippen LogP contribution in [0.4, 0.5) is 11.4 Å². The van der Waals surface area contributed by atoms with Crippen LogP contribution in [-0.4, -0.2) is 18.4 Å². The maximum atomic E-state index is 12.4. The summed E-state index contributed by atoms with van der Waals surface area (Å²) in [6.07, 6.45) is 0.144. The maximum absolute atomic E-state index is 12.4. The summed E-state index contributed by atoms with van der Waals surface area (Å²) in [5.41, 5.74) is 1.22. The summed E-state index contributed by atoms with van der Waals surface area (Å²) in [6.45, 7) is 0.279. The van der Waals surface area contributed by atoms with Crippen LogP contribution in [0.1, 0.15) is 6.42 Å². The standard InChI is InChI=1S/C17H13BrCl2N2O2/c18-11-4-6-12(7-5-11)21-17(24)10-8-15(23)22(9-10)14-3-1-2-13(19)16(14)20/h1-7,10H,8-9H2,(H,21,24)/t10-/m1/s1. The van der Waals surface area contributed by atoms with Crippen LogP contribution in [0.5, 0.6) is 0 Å². The lowest BCUT2D eigenvalue weighted by Gasteiger charge is -2.18. The number of carbonyl (C=O) groups excluding carboxylic acids is 2. The van der Waals surface area contributed by atoms with Crippen LogP contribution < -0.4 is 10.2 Å². The normalized spacial score (nSPS) is 17.2. The van der Waals surface area contributed by atoms with Crippen molar-refractivity contribution in [2.75, 3.05) is 16.8 Å². The van der Waals surface area contributed by atoms with Gasteiger partial charge in [-0.2, -0.15) is 0 Å². The third-order valence-corrected chi connectivity index (χ3v) is 5.17. The maximum Gasteiger partial charge on any atom is 0.229 e. The Kier molecular flexibility index (Phi) is 5.13. The second-order valence-electron chi connectivity index (χ2n) is 5.47. The number of hydrogen-bond donors (Lipinski definition) is 1. The number of hydrogen-bond acceptors (Lipinski definition) is 2. The van der Waals surface area contributed by atoms with Gasteiger partial charge in [0.15, 0.2) is 0 Å². The van der Waals surface area contributed by atoms with Crippen molar-refractivity contribution >= 4 is 62.3 Å². The van der Waals surface area contributed by atoms with Gasteiger partial charge in [-0.05, 0) is 36.4 Å². The predicted octanol–water partition coefficient (Wildman–Crippen LogP) is 4.75. The Morgan fingerprint density at radius 1 is 1.17 bits per heavy atom. The van der Waals surface area contributed by atoms with Gasteiger partial charge in [-0.15, -0.1) is 0 Å². The molecule has 0 saturated carbocycles. The summed E-state index contributed by atoms with van der Waals surface area (Å²) in [7, 11) is 0. The van der Waals surface area contributed by atoms with Gasteiger partial charge in [-0.3, -0.25) is 9.59 Å². The number of carbonyl (C=O) groups is 2. The minimum absolute atomic E-state index is 0.143. The van der Waals surface area contributed by atoms with Gasteiger partial charge in [-0.1, -0.05) is 45.2 Å². The van der Waals surface area contributed by atoms with Crippen molar-refractivity contribution in [1.82, 2.24) is 0 Å². The first-order chi connectivity index (χ1) is 11.5. The lowest BCUT2D eigenvalue weighted by molar-refractivity contribution is -0.122. The molecule has 124 valence electrons. The monoisotopic (exact) mass is 426 g/mol. The molecule has 0 unspecified atom stereocenters. The van der Waals surface area contributed by atoms with Crippen LogP contribution in [0.3, 0.4) is 0 Å². The van der Waals surface area contributed by atoms with E-state index in [1.807, 2.05) is 12.1 Å². The molecular formula is C17H13BrCl2N2O2. The SMILES string of the molecule is O=C(Nc1ccc(Br)cc1)[C@@H]1CC(=O)N(c2cccc(Cl)c2Cl)C1. The van der Waals surface area contributed by atoms with E-state index in [-0.39, 0.29) is 24.8 Å². The number of nitrogens with zero attached hydrogens (tertiary/aromatic N) is 1. The van der Waals surface area contributed by atoms with Gasteiger partial charge in [-0.25, -0.2) is 0 Å². The minimum Gasteiger partial charge on any atom is -0.326 e. The Hall–Kier alpha value is -1.56. The minimum atomic E-state index is -0.434. The molecule has 2 amide bonds. The number of benzene rings is 2. The molecule has 2 aromatic carbocycles. The highest BCUT2D eigenvalue weighted by molar-refractivity contribution is 9.10. The Bertz CT molecular complexity index is 796. The van der Waals surface area contributed by atoms with Crippen LogP contribution >= 0.6 is 39.1 Å². The Morgan fingerprint density at radius 2 is 1.88 bits per heavy atom. The largest absolute Gasteiger partial charge is 0.326 e. The smallest absolute Gasteiger partial charge is 0.229 e. The van der Waals surface area contributed by atoms with Crippen molar-refractivity contribution in [2.45, 2.75) is 6.42 Å². The lowest BCUT2D eigenvalue weighted by atomic mass is 10.1. The van der Waals surface area contributed by atoms with Gasteiger partial charge in [0.25, 0.3) is 0 Å². The molecule has 1 fully saturated rings. The molecule has 1 saturated heterocycles. The molecule has 3 rings (SSSR count). The molecule has 0 radical (unpaired) electrons. The fourth-order valence-electron chi connectivity index (χ4n) is 2.59. The topological polar surface area (TPSA) is 49.4 Å². The fourth-order valence-corrected chi connectivity index (χ4v) is 3.26. The molecule has 0 aromatic heterocycles. The number of amides is 2. The third-order valence-electron chi connectivity index (χ3n) is 3.83. The number of anilines is 2. The Balaban J connectivity index is 1.73. The molecule has 1 aliphatic heterocycles. The molecule has 7 heteroatoms. The molecular weight excluding hydrogens is 415 g/mol. The molecule has 0 spiro atoms. The van der Waals surface area contributed by atoms with Crippen molar-refractivity contribution in [1.29, 1.82) is 0 Å². The quantitative estimate of drug-likeness (QED) is 0.768. The molecule has 1 N–H and O–H groups in total. The second-order valence-corrected chi connectivity index (χ2v) is 7.18. The van der Waals surface area contributed by atoms with E-state index in [1.165, 1.54) is 4.90 Å². The average molecular weight is 428 g/mol. The molecule has 4 nitrogen and oxygen atoms in total. The van der Waals surface area contributed by atoms with Gasteiger partial charge in [0, 0.05) is 23.1 Å². The number of halogens is 3. The Morgan fingerprint density at radius 3 is 2.58 bits per heavy atom. The second kappa shape index (κ2) is 7.13. The Labute approximate surface area is 157 Å². The summed E-state index contributed by atoms with van der Waals surface area (Å²) < 4.78 is 0.929. The first kappa shape index (κ1) is 17.3. The summed E-state index contributed by atoms with van der Waals surface area (Å²) in [4.78, 5) is 26.2. The highest BCUT2D eigenvalue weighted by Gasteiger charge is 2.36. The van der Waals surface area contributed by atoms with E-state index in [1.54, 1.807) is 30.3 Å². The van der Waals surface area contributed by atoms with Crippen molar-refractivity contribution in [3.05, 3.63) is 57.0 Å². The van der Waals surface area contributed by atoms with Crippen molar-refractivity contribution in [2.24, 2.45) is 5.92 Å². The summed E-state index contributed by atoms with van der Waals surface area (Å²) >= 11 is 15.5. The highest BCUT2D eigenvalue weighted by atomic mass is 79.9. The number of nitrogens with one attached hydrogen (secondary N) is 1.